The first-order valence-corrected chi connectivity index (χ1v) is 10.7. The average molecular weight is 412 g/mol. The zero-order valence-corrected chi connectivity index (χ0v) is 18.8. The van der Waals surface area contributed by atoms with Crippen LogP contribution in [0.25, 0.3) is 10.1 Å². The van der Waals surface area contributed by atoms with Gasteiger partial charge in [0.25, 0.3) is 5.91 Å². The summed E-state index contributed by atoms with van der Waals surface area (Å²) < 4.78 is 11.8. The number of hydrogen-bond acceptors (Lipinski definition) is 4. The van der Waals surface area contributed by atoms with Crippen LogP contribution in [0.4, 0.5) is 0 Å². The monoisotopic (exact) mass is 411 g/mol. The quantitative estimate of drug-likeness (QED) is 0.511. The largest absolute Gasteiger partial charge is 0.493 e. The number of benzene rings is 2. The van der Waals surface area contributed by atoms with Crippen LogP contribution in [-0.2, 0) is 5.41 Å². The van der Waals surface area contributed by atoms with Crippen LogP contribution in [0, 0.1) is 0 Å². The highest BCUT2D eigenvalue weighted by molar-refractivity contribution is 7.17. The van der Waals surface area contributed by atoms with Crippen LogP contribution >= 0.6 is 11.3 Å². The van der Waals surface area contributed by atoms with Crippen molar-refractivity contribution in [3.8, 4) is 11.5 Å². The van der Waals surface area contributed by atoms with Crippen molar-refractivity contribution in [3.63, 3.8) is 0 Å². The molecule has 1 heterocycles. The molecule has 0 aliphatic rings. The molecular formula is C24H29NO3S. The number of ether oxygens (including phenoxy) is 2. The molecule has 3 aromatic rings. The average Bonchev–Trinajstić information content (AvgIpc) is 3.16. The fourth-order valence-corrected chi connectivity index (χ4v) is 4.29. The molecule has 0 aliphatic heterocycles. The molecule has 29 heavy (non-hydrogen) atoms. The minimum Gasteiger partial charge on any atom is -0.493 e. The molecule has 1 unspecified atom stereocenters. The molecule has 0 aliphatic carbocycles. The van der Waals surface area contributed by atoms with E-state index in [2.05, 4.69) is 44.3 Å². The zero-order valence-electron chi connectivity index (χ0n) is 18.0. The highest BCUT2D eigenvalue weighted by atomic mass is 32.1. The van der Waals surface area contributed by atoms with E-state index in [0.717, 1.165) is 27.6 Å². The number of hydrogen-bond donors (Lipinski definition) is 1. The molecule has 1 aromatic heterocycles. The summed E-state index contributed by atoms with van der Waals surface area (Å²) in [5.41, 5.74) is 3.11. The second-order valence-corrected chi connectivity index (χ2v) is 8.82. The Balaban J connectivity index is 1.83. The van der Waals surface area contributed by atoms with Crippen molar-refractivity contribution in [2.75, 3.05) is 14.2 Å². The van der Waals surface area contributed by atoms with E-state index in [0.29, 0.717) is 11.5 Å². The number of carbonyl (C=O) groups is 1. The number of carbonyl (C=O) groups excluding carboxylic acids is 1. The number of rotatable bonds is 7. The smallest absolute Gasteiger partial charge is 0.253 e. The van der Waals surface area contributed by atoms with Gasteiger partial charge in [0.1, 0.15) is 0 Å². The summed E-state index contributed by atoms with van der Waals surface area (Å²) in [5.74, 6) is 1.25. The first-order valence-electron chi connectivity index (χ1n) is 9.85. The molecule has 0 spiro atoms. The predicted octanol–water partition coefficient (Wildman–Crippen LogP) is 6.10. The number of methoxy groups -OCH3 is 2. The third-order valence-electron chi connectivity index (χ3n) is 5.74. The highest BCUT2D eigenvalue weighted by Crippen LogP contribution is 2.34. The second kappa shape index (κ2) is 8.46. The van der Waals surface area contributed by atoms with E-state index in [-0.39, 0.29) is 17.4 Å². The van der Waals surface area contributed by atoms with E-state index in [1.54, 1.807) is 25.6 Å². The Labute approximate surface area is 176 Å². The Morgan fingerprint density at radius 3 is 2.48 bits per heavy atom. The Morgan fingerprint density at radius 2 is 1.83 bits per heavy atom. The van der Waals surface area contributed by atoms with Crippen molar-refractivity contribution in [1.82, 2.24) is 5.32 Å². The minimum absolute atomic E-state index is 0.0685. The van der Waals surface area contributed by atoms with Gasteiger partial charge in [-0.05, 0) is 48.1 Å². The van der Waals surface area contributed by atoms with Gasteiger partial charge in [-0.3, -0.25) is 4.79 Å². The van der Waals surface area contributed by atoms with Crippen LogP contribution in [0.2, 0.25) is 0 Å². The number of thiophene rings is 1. The number of amides is 1. The standard InChI is InChI=1S/C24H29NO3S/c1-7-24(3,4)17-9-10-18-19(14-29-22(18)13-17)23(26)25-15(2)16-8-11-20(27-5)21(12-16)28-6/h8-15H,7H2,1-6H3,(H,25,26). The van der Waals surface area contributed by atoms with Crippen molar-refractivity contribution in [2.24, 2.45) is 0 Å². The summed E-state index contributed by atoms with van der Waals surface area (Å²) in [5, 5.41) is 6.06. The second-order valence-electron chi connectivity index (χ2n) is 7.91. The fourth-order valence-electron chi connectivity index (χ4n) is 3.31. The normalized spacial score (nSPS) is 12.6. The molecule has 0 saturated carbocycles. The lowest BCUT2D eigenvalue weighted by molar-refractivity contribution is 0.0942. The van der Waals surface area contributed by atoms with Crippen molar-refractivity contribution in [1.29, 1.82) is 0 Å². The van der Waals surface area contributed by atoms with Crippen LogP contribution in [0.15, 0.2) is 41.8 Å². The van der Waals surface area contributed by atoms with Gasteiger partial charge in [0.2, 0.25) is 0 Å². The number of fused-ring (bicyclic) bond motifs is 1. The molecule has 3 rings (SSSR count). The molecule has 154 valence electrons. The maximum Gasteiger partial charge on any atom is 0.253 e. The SMILES string of the molecule is CCC(C)(C)c1ccc2c(C(=O)NC(C)c3ccc(OC)c(OC)c3)csc2c1. The van der Waals surface area contributed by atoms with Gasteiger partial charge >= 0.3 is 0 Å². The lowest BCUT2D eigenvalue weighted by Crippen LogP contribution is -2.26. The van der Waals surface area contributed by atoms with Gasteiger partial charge in [-0.1, -0.05) is 39.0 Å². The van der Waals surface area contributed by atoms with Crippen molar-refractivity contribution >= 4 is 27.3 Å². The Hall–Kier alpha value is -2.53. The van der Waals surface area contributed by atoms with Crippen LogP contribution < -0.4 is 14.8 Å². The lowest BCUT2D eigenvalue weighted by atomic mass is 9.82. The third-order valence-corrected chi connectivity index (χ3v) is 6.69. The van der Waals surface area contributed by atoms with Gasteiger partial charge in [-0.2, -0.15) is 0 Å². The van der Waals surface area contributed by atoms with E-state index < -0.39 is 0 Å². The van der Waals surface area contributed by atoms with Crippen LogP contribution in [0.5, 0.6) is 11.5 Å². The van der Waals surface area contributed by atoms with Crippen molar-refractivity contribution < 1.29 is 14.3 Å². The minimum atomic E-state index is -0.157. The molecular weight excluding hydrogens is 382 g/mol. The first-order chi connectivity index (χ1) is 13.8. The molecule has 1 N–H and O–H groups in total. The molecule has 0 saturated heterocycles. The molecule has 1 amide bonds. The Kier molecular flexibility index (Phi) is 6.18. The number of nitrogens with one attached hydrogen (secondary N) is 1. The molecule has 1 atom stereocenters. The van der Waals surface area contributed by atoms with Gasteiger partial charge in [-0.25, -0.2) is 0 Å². The van der Waals surface area contributed by atoms with E-state index >= 15 is 0 Å². The molecule has 0 fully saturated rings. The van der Waals surface area contributed by atoms with Crippen molar-refractivity contribution in [2.45, 2.75) is 45.6 Å². The molecule has 4 nitrogen and oxygen atoms in total. The van der Waals surface area contributed by atoms with E-state index in [1.165, 1.54) is 5.56 Å². The molecule has 5 heteroatoms. The highest BCUT2D eigenvalue weighted by Gasteiger charge is 2.21. The Morgan fingerprint density at radius 1 is 1.10 bits per heavy atom. The summed E-state index contributed by atoms with van der Waals surface area (Å²) in [6.07, 6.45) is 1.07. The lowest BCUT2D eigenvalue weighted by Gasteiger charge is -2.23. The van der Waals surface area contributed by atoms with E-state index in [9.17, 15) is 4.79 Å². The molecule has 0 bridgehead atoms. The third kappa shape index (κ3) is 4.25. The van der Waals surface area contributed by atoms with Gasteiger partial charge in [0, 0.05) is 15.5 Å². The maximum absolute atomic E-state index is 13.0. The summed E-state index contributed by atoms with van der Waals surface area (Å²) in [6.45, 7) is 8.67. The maximum atomic E-state index is 13.0. The molecule has 2 aromatic carbocycles. The van der Waals surface area contributed by atoms with E-state index in [4.69, 9.17) is 9.47 Å². The summed E-state index contributed by atoms with van der Waals surface area (Å²) >= 11 is 1.62. The van der Waals surface area contributed by atoms with Crippen LogP contribution in [0.3, 0.4) is 0 Å². The van der Waals surface area contributed by atoms with Gasteiger partial charge in [0.15, 0.2) is 11.5 Å². The summed E-state index contributed by atoms with van der Waals surface area (Å²) in [7, 11) is 3.22. The van der Waals surface area contributed by atoms with Crippen molar-refractivity contribution in [3.05, 3.63) is 58.5 Å². The fraction of sp³-hybridized carbons (Fsp3) is 0.375. The Bertz CT molecular complexity index is 1020. The first kappa shape index (κ1) is 21.2. The van der Waals surface area contributed by atoms with Crippen LogP contribution in [-0.4, -0.2) is 20.1 Å². The zero-order chi connectivity index (χ0) is 21.2. The van der Waals surface area contributed by atoms with Gasteiger partial charge < -0.3 is 14.8 Å². The summed E-state index contributed by atoms with van der Waals surface area (Å²) in [6, 6.07) is 12.0. The summed E-state index contributed by atoms with van der Waals surface area (Å²) in [4.78, 5) is 13.0. The predicted molar refractivity (Wildman–Crippen MR) is 121 cm³/mol. The van der Waals surface area contributed by atoms with Gasteiger partial charge in [-0.15, -0.1) is 11.3 Å². The molecule has 0 radical (unpaired) electrons. The van der Waals surface area contributed by atoms with Crippen LogP contribution in [0.1, 0.15) is 61.6 Å². The topological polar surface area (TPSA) is 47.6 Å². The van der Waals surface area contributed by atoms with Gasteiger partial charge in [0.05, 0.1) is 25.8 Å². The van der Waals surface area contributed by atoms with E-state index in [1.807, 2.05) is 30.5 Å².